The molecule has 0 spiro atoms. The molecule has 1 saturated carbocycles. The molecule has 1 amide bonds. The zero-order chi connectivity index (χ0) is 55.6. The molecule has 6 unspecified atom stereocenters. The Kier molecular flexibility index (Phi) is 50.6. The molecule has 1 aliphatic rings. The second kappa shape index (κ2) is 52.4. The van der Waals surface area contributed by atoms with E-state index in [1.54, 1.807) is 0 Å². The molecule has 0 aromatic heterocycles. The van der Waals surface area contributed by atoms with Crippen LogP contribution in [0.3, 0.4) is 0 Å². The number of hydrogen-bond acceptors (Lipinski definition) is 10. The summed E-state index contributed by atoms with van der Waals surface area (Å²) in [6, 6.07) is -1.03. The van der Waals surface area contributed by atoms with Crippen LogP contribution in [0.15, 0.2) is 0 Å². The number of nitrogens with one attached hydrogen (secondary N) is 1. The third-order valence-corrected chi connectivity index (χ3v) is 17.4. The molecule has 0 saturated heterocycles. The number of rotatable bonds is 58. The number of unbranched alkanes of at least 4 members (excludes halogenated alkanes) is 47. The minimum Gasteiger partial charge on any atom is -0.391 e. The van der Waals surface area contributed by atoms with Crippen LogP contribution in [0.2, 0.25) is 0 Å². The molecule has 12 nitrogen and oxygen atoms in total. The largest absolute Gasteiger partial charge is 0.472 e. The van der Waals surface area contributed by atoms with E-state index in [2.05, 4.69) is 19.2 Å². The summed E-state index contributed by atoms with van der Waals surface area (Å²) < 4.78 is 23.1. The van der Waals surface area contributed by atoms with Gasteiger partial charge in [-0.2, -0.15) is 0 Å². The van der Waals surface area contributed by atoms with Gasteiger partial charge in [-0.1, -0.05) is 322 Å². The predicted octanol–water partition coefficient (Wildman–Crippen LogP) is 16.1. The first-order chi connectivity index (χ1) is 36.9. The van der Waals surface area contributed by atoms with E-state index in [4.69, 9.17) is 9.05 Å². The van der Waals surface area contributed by atoms with Crippen molar-refractivity contribution in [3.05, 3.63) is 0 Å². The topological polar surface area (TPSA) is 206 Å². The van der Waals surface area contributed by atoms with Crippen molar-refractivity contribution >= 4 is 13.7 Å². The molecular weight excluding hydrogens is 978 g/mol. The summed E-state index contributed by atoms with van der Waals surface area (Å²) in [4.78, 5) is 23.6. The molecule has 1 rings (SSSR count). The van der Waals surface area contributed by atoms with Crippen molar-refractivity contribution in [3.63, 3.8) is 0 Å². The number of phosphoric ester groups is 1. The molecule has 0 radical (unpaired) electrons. The van der Waals surface area contributed by atoms with Gasteiger partial charge < -0.3 is 40.8 Å². The van der Waals surface area contributed by atoms with Gasteiger partial charge in [-0.05, 0) is 12.8 Å². The Morgan fingerprint density at radius 3 is 0.908 bits per heavy atom. The monoisotopic (exact) mass is 1100 g/mol. The Labute approximate surface area is 467 Å². The Hall–Kier alpha value is -0.660. The molecule has 454 valence electrons. The van der Waals surface area contributed by atoms with Gasteiger partial charge in [-0.25, -0.2) is 4.57 Å². The highest BCUT2D eigenvalue weighted by Crippen LogP contribution is 2.47. The van der Waals surface area contributed by atoms with Gasteiger partial charge in [-0.3, -0.25) is 13.8 Å². The van der Waals surface area contributed by atoms with Crippen LogP contribution in [-0.2, 0) is 18.4 Å². The fourth-order valence-corrected chi connectivity index (χ4v) is 12.1. The van der Waals surface area contributed by atoms with Crippen molar-refractivity contribution in [2.24, 2.45) is 0 Å². The Morgan fingerprint density at radius 2 is 0.632 bits per heavy atom. The van der Waals surface area contributed by atoms with E-state index in [0.29, 0.717) is 19.3 Å². The lowest BCUT2D eigenvalue weighted by molar-refractivity contribution is -0.220. The highest BCUT2D eigenvalue weighted by atomic mass is 31.2. The zero-order valence-electron chi connectivity index (χ0n) is 49.6. The second-order valence-corrected chi connectivity index (χ2v) is 25.1. The van der Waals surface area contributed by atoms with Crippen LogP contribution < -0.4 is 5.32 Å². The summed E-state index contributed by atoms with van der Waals surface area (Å²) in [5.74, 6) is -0.299. The molecule has 0 heterocycles. The number of carbonyl (C=O) groups is 1. The Morgan fingerprint density at radius 1 is 0.395 bits per heavy atom. The first kappa shape index (κ1) is 73.4. The highest BCUT2D eigenvalue weighted by molar-refractivity contribution is 7.47. The maximum absolute atomic E-state index is 13.1. The lowest BCUT2D eigenvalue weighted by Gasteiger charge is -2.41. The number of hydrogen-bond donors (Lipinski definition) is 8. The molecule has 13 heteroatoms. The number of aliphatic hydroxyl groups is 6. The van der Waals surface area contributed by atoms with E-state index in [9.17, 15) is 44.9 Å². The number of aliphatic hydroxyl groups excluding tert-OH is 6. The summed E-state index contributed by atoms with van der Waals surface area (Å²) in [6.07, 6.45) is 51.8. The normalized spacial score (nSPS) is 20.5. The minimum absolute atomic E-state index is 0.244. The van der Waals surface area contributed by atoms with Crippen LogP contribution in [0.25, 0.3) is 0 Å². The van der Waals surface area contributed by atoms with Crippen molar-refractivity contribution in [3.8, 4) is 0 Å². The van der Waals surface area contributed by atoms with E-state index in [1.807, 2.05) is 0 Å². The van der Waals surface area contributed by atoms with Crippen LogP contribution in [0.4, 0.5) is 0 Å². The van der Waals surface area contributed by atoms with Crippen LogP contribution in [0, 0.1) is 0 Å². The Bertz CT molecular complexity index is 1280. The van der Waals surface area contributed by atoms with Crippen molar-refractivity contribution in [1.82, 2.24) is 5.32 Å². The van der Waals surface area contributed by atoms with Gasteiger partial charge in [0.2, 0.25) is 5.91 Å². The standard InChI is InChI=1S/C63H126NO11P/c1-3-5-7-9-11-13-15-17-19-20-21-22-23-24-25-26-27-28-29-30-31-32-33-34-35-36-37-39-41-43-45-47-49-51-53-57(66)64-55(54-74-76(72,73)75-63-61(70)59(68)58(67)60(69)62(63)71)56(65)52-50-48-46-44-42-40-38-18-16-14-12-10-8-6-4-2/h55-56,58-63,65,67-71H,3-54H2,1-2H3,(H,64,66)(H,72,73)/t55-,56+,58?,59+,60?,61?,62?,63?/m0/s1. The summed E-state index contributed by atoms with van der Waals surface area (Å²) in [5.41, 5.74) is 0. The third-order valence-electron chi connectivity index (χ3n) is 16.4. The zero-order valence-corrected chi connectivity index (χ0v) is 50.5. The Balaban J connectivity index is 2.15. The third kappa shape index (κ3) is 42.2. The molecule has 0 aromatic carbocycles. The maximum Gasteiger partial charge on any atom is 0.472 e. The summed E-state index contributed by atoms with van der Waals surface area (Å²) in [5, 5.41) is 64.6. The smallest absolute Gasteiger partial charge is 0.391 e. The second-order valence-electron chi connectivity index (χ2n) is 23.7. The average molecular weight is 1100 g/mol. The quantitative estimate of drug-likeness (QED) is 0.0212. The highest BCUT2D eigenvalue weighted by Gasteiger charge is 2.51. The minimum atomic E-state index is -5.06. The van der Waals surface area contributed by atoms with Crippen LogP contribution in [0.5, 0.6) is 0 Å². The van der Waals surface area contributed by atoms with Crippen LogP contribution in [0.1, 0.15) is 341 Å². The van der Waals surface area contributed by atoms with Gasteiger partial charge in [0, 0.05) is 6.42 Å². The van der Waals surface area contributed by atoms with E-state index >= 15 is 0 Å². The molecule has 1 fully saturated rings. The number of carbonyl (C=O) groups excluding carboxylic acids is 1. The molecule has 1 aliphatic carbocycles. The lowest BCUT2D eigenvalue weighted by Crippen LogP contribution is -2.64. The predicted molar refractivity (Wildman–Crippen MR) is 315 cm³/mol. The summed E-state index contributed by atoms with van der Waals surface area (Å²) >= 11 is 0. The fraction of sp³-hybridized carbons (Fsp3) is 0.984. The van der Waals surface area contributed by atoms with E-state index in [0.717, 1.165) is 38.5 Å². The van der Waals surface area contributed by atoms with Gasteiger partial charge in [0.05, 0.1) is 18.8 Å². The number of amides is 1. The van der Waals surface area contributed by atoms with Crippen molar-refractivity contribution in [2.75, 3.05) is 6.61 Å². The van der Waals surface area contributed by atoms with E-state index < -0.39 is 63.2 Å². The first-order valence-electron chi connectivity index (χ1n) is 33.0. The molecule has 0 aliphatic heterocycles. The summed E-state index contributed by atoms with van der Waals surface area (Å²) in [7, 11) is -5.06. The van der Waals surface area contributed by atoms with E-state index in [1.165, 1.54) is 263 Å². The van der Waals surface area contributed by atoms with Crippen molar-refractivity contribution in [2.45, 2.75) is 390 Å². The van der Waals surface area contributed by atoms with Crippen LogP contribution in [-0.4, -0.2) is 96.8 Å². The van der Waals surface area contributed by atoms with Crippen molar-refractivity contribution in [1.29, 1.82) is 0 Å². The molecule has 0 aromatic rings. The average Bonchev–Trinajstić information content (AvgIpc) is 3.41. The molecule has 0 bridgehead atoms. The van der Waals surface area contributed by atoms with Gasteiger partial charge in [0.25, 0.3) is 0 Å². The summed E-state index contributed by atoms with van der Waals surface area (Å²) in [6.45, 7) is 3.95. The molecule has 9 atom stereocenters. The maximum atomic E-state index is 13.1. The van der Waals surface area contributed by atoms with Gasteiger partial charge in [0.1, 0.15) is 36.6 Å². The van der Waals surface area contributed by atoms with Gasteiger partial charge >= 0.3 is 7.82 Å². The van der Waals surface area contributed by atoms with Gasteiger partial charge in [0.15, 0.2) is 0 Å². The fourth-order valence-electron chi connectivity index (χ4n) is 11.1. The molecule has 8 N–H and O–H groups in total. The van der Waals surface area contributed by atoms with Crippen molar-refractivity contribution < 1.29 is 53.9 Å². The lowest BCUT2D eigenvalue weighted by atomic mass is 9.85. The SMILES string of the molecule is CCCCCCCCCCCCCCCCCCCCCCCCCCCCCCCCCCCCC(=O)N[C@@H](COP(=O)(O)OC1C(O)C(O)C(O)[C@@H](O)C1O)[C@H](O)CCCCCCCCCCCCCCCCC. The molecular formula is C63H126NO11P. The van der Waals surface area contributed by atoms with Gasteiger partial charge in [-0.15, -0.1) is 0 Å². The first-order valence-corrected chi connectivity index (χ1v) is 34.5. The number of phosphoric acid groups is 1. The van der Waals surface area contributed by atoms with Crippen LogP contribution >= 0.6 is 7.82 Å². The van der Waals surface area contributed by atoms with E-state index in [-0.39, 0.29) is 12.3 Å². The molecule has 76 heavy (non-hydrogen) atoms.